The maximum atomic E-state index is 5.59. The quantitative estimate of drug-likeness (QED) is 0.162. The number of fused-ring (bicyclic) bond motifs is 9. The molecule has 0 fully saturated rings. The van der Waals surface area contributed by atoms with Gasteiger partial charge in [-0.3, -0.25) is 0 Å². The second-order valence-corrected chi connectivity index (χ2v) is 18.0. The Morgan fingerprint density at radius 3 is 1.21 bits per heavy atom. The van der Waals surface area contributed by atoms with Crippen molar-refractivity contribution in [2.45, 2.75) is 0 Å². The van der Waals surface area contributed by atoms with Crippen molar-refractivity contribution < 1.29 is 0 Å². The van der Waals surface area contributed by atoms with Crippen LogP contribution in [0, 0.1) is 0 Å². The highest BCUT2D eigenvalue weighted by atomic mass is 32.1. The first-order valence-corrected chi connectivity index (χ1v) is 22.6. The fourth-order valence-corrected chi connectivity index (χ4v) is 12.2. The minimum Gasteiger partial charge on any atom is -0.228 e. The van der Waals surface area contributed by atoms with Crippen LogP contribution in [0.3, 0.4) is 0 Å². The van der Waals surface area contributed by atoms with Crippen molar-refractivity contribution in [1.29, 1.82) is 0 Å². The molecule has 62 heavy (non-hydrogen) atoms. The minimum absolute atomic E-state index is 0.704. The van der Waals surface area contributed by atoms with E-state index >= 15 is 0 Å². The second-order valence-electron chi connectivity index (χ2n) is 15.9. The molecule has 13 aromatic rings. The lowest BCUT2D eigenvalue weighted by Crippen LogP contribution is -1.98. The highest BCUT2D eigenvalue weighted by Crippen LogP contribution is 2.48. The van der Waals surface area contributed by atoms with Crippen molar-refractivity contribution in [3.63, 3.8) is 0 Å². The lowest BCUT2D eigenvalue weighted by Gasteiger charge is -2.20. The van der Waals surface area contributed by atoms with Gasteiger partial charge >= 0.3 is 0 Å². The lowest BCUT2D eigenvalue weighted by molar-refractivity contribution is 1.19. The van der Waals surface area contributed by atoms with Gasteiger partial charge in [0.15, 0.2) is 5.82 Å². The summed E-state index contributed by atoms with van der Waals surface area (Å²) in [4.78, 5) is 11.2. The van der Waals surface area contributed by atoms with Crippen LogP contribution in [0.15, 0.2) is 206 Å². The summed E-state index contributed by atoms with van der Waals surface area (Å²) in [5.74, 6) is 0.704. The van der Waals surface area contributed by atoms with E-state index in [0.29, 0.717) is 5.82 Å². The molecule has 288 valence electrons. The van der Waals surface area contributed by atoms with Gasteiger partial charge in [-0.1, -0.05) is 188 Å². The standard InChI is InChI=1S/C58H34N2S2/c1-2-18-36-35(16-1)17-13-27-39(36)54-40-21-3-5-23-42(40)55(43-24-6-4-22-41(43)54)44-25-7-8-26-47(44)58-59-50(48-30-14-28-45-37-19-9-11-32-52(37)61-56(45)48)34-51(60-58)49-31-15-29-46-38-20-10-12-33-53(38)62-57(46)49/h1-34H. The van der Waals surface area contributed by atoms with Gasteiger partial charge in [-0.05, 0) is 72.8 Å². The zero-order valence-electron chi connectivity index (χ0n) is 33.3. The maximum absolute atomic E-state index is 5.59. The van der Waals surface area contributed by atoms with Crippen molar-refractivity contribution in [2.75, 3.05) is 0 Å². The Kier molecular flexibility index (Phi) is 7.99. The molecule has 10 aromatic carbocycles. The van der Waals surface area contributed by atoms with Crippen LogP contribution < -0.4 is 0 Å². The Bertz CT molecular complexity index is 3750. The van der Waals surface area contributed by atoms with Crippen molar-refractivity contribution in [2.24, 2.45) is 0 Å². The smallest absolute Gasteiger partial charge is 0.161 e. The van der Waals surface area contributed by atoms with Crippen LogP contribution in [0.4, 0.5) is 0 Å². The third kappa shape index (κ3) is 5.41. The Hall–Kier alpha value is -7.50. The van der Waals surface area contributed by atoms with Gasteiger partial charge in [-0.25, -0.2) is 9.97 Å². The predicted molar refractivity (Wildman–Crippen MR) is 268 cm³/mol. The molecule has 0 unspecified atom stereocenters. The average molecular weight is 823 g/mol. The number of thiophene rings is 2. The van der Waals surface area contributed by atoms with Gasteiger partial charge in [0, 0.05) is 57.0 Å². The van der Waals surface area contributed by atoms with Crippen LogP contribution in [-0.4, -0.2) is 9.97 Å². The van der Waals surface area contributed by atoms with Gasteiger partial charge < -0.3 is 0 Å². The van der Waals surface area contributed by atoms with Crippen LogP contribution in [0.1, 0.15) is 0 Å². The molecule has 0 spiro atoms. The van der Waals surface area contributed by atoms with E-state index in [9.17, 15) is 0 Å². The molecule has 0 radical (unpaired) electrons. The SMILES string of the molecule is c1ccc(-c2c3ccccc3c(-c3cccc4ccccc34)c3ccccc23)c(-c2nc(-c3cccc4c3sc3ccccc34)cc(-c3cccc4c3sc3ccccc34)n2)c1. The fraction of sp³-hybridized carbons (Fsp3) is 0. The first kappa shape index (κ1) is 35.3. The molecule has 0 aliphatic rings. The summed E-state index contributed by atoms with van der Waals surface area (Å²) in [6.07, 6.45) is 0. The molecule has 0 amide bonds. The summed E-state index contributed by atoms with van der Waals surface area (Å²) in [5.41, 5.74) is 9.83. The Morgan fingerprint density at radius 2 is 0.645 bits per heavy atom. The first-order chi connectivity index (χ1) is 30.8. The van der Waals surface area contributed by atoms with Gasteiger partial charge in [0.2, 0.25) is 0 Å². The van der Waals surface area contributed by atoms with E-state index in [4.69, 9.17) is 9.97 Å². The number of aromatic nitrogens is 2. The molecule has 0 saturated carbocycles. The molecule has 0 aliphatic carbocycles. The molecule has 3 heterocycles. The topological polar surface area (TPSA) is 25.8 Å². The van der Waals surface area contributed by atoms with E-state index in [-0.39, 0.29) is 0 Å². The summed E-state index contributed by atoms with van der Waals surface area (Å²) in [7, 11) is 0. The average Bonchev–Trinajstić information content (AvgIpc) is 3.92. The predicted octanol–water partition coefficient (Wildman–Crippen LogP) is 17.0. The number of hydrogen-bond acceptors (Lipinski definition) is 4. The molecule has 0 saturated heterocycles. The number of rotatable bonds is 5. The Morgan fingerprint density at radius 1 is 0.274 bits per heavy atom. The number of hydrogen-bond donors (Lipinski definition) is 0. The molecular formula is C58H34N2S2. The van der Waals surface area contributed by atoms with Gasteiger partial charge in [0.25, 0.3) is 0 Å². The minimum atomic E-state index is 0.704. The van der Waals surface area contributed by atoms with Crippen LogP contribution in [-0.2, 0) is 0 Å². The molecule has 0 aliphatic heterocycles. The molecule has 0 bridgehead atoms. The van der Waals surface area contributed by atoms with E-state index in [1.807, 2.05) is 22.7 Å². The Balaban J connectivity index is 1.10. The fourth-order valence-electron chi connectivity index (χ4n) is 9.79. The summed E-state index contributed by atoms with van der Waals surface area (Å²) in [5, 5.41) is 12.4. The summed E-state index contributed by atoms with van der Waals surface area (Å²) < 4.78 is 5.02. The van der Waals surface area contributed by atoms with E-state index in [2.05, 4.69) is 206 Å². The normalized spacial score (nSPS) is 11.9. The van der Waals surface area contributed by atoms with Crippen LogP contribution in [0.25, 0.3) is 129 Å². The van der Waals surface area contributed by atoms with Crippen molar-refractivity contribution in [1.82, 2.24) is 9.97 Å². The molecule has 0 N–H and O–H groups in total. The Labute approximate surface area is 365 Å². The molecule has 3 aromatic heterocycles. The number of nitrogens with zero attached hydrogens (tertiary/aromatic N) is 2. The number of benzene rings is 10. The van der Waals surface area contributed by atoms with Gasteiger partial charge in [-0.15, -0.1) is 22.7 Å². The largest absolute Gasteiger partial charge is 0.228 e. The molecule has 13 rings (SSSR count). The van der Waals surface area contributed by atoms with E-state index in [0.717, 1.165) is 33.6 Å². The first-order valence-electron chi connectivity index (χ1n) is 21.0. The third-order valence-corrected chi connectivity index (χ3v) is 15.0. The zero-order valence-corrected chi connectivity index (χ0v) is 35.0. The molecular weight excluding hydrogens is 789 g/mol. The van der Waals surface area contributed by atoms with E-state index in [1.54, 1.807) is 0 Å². The summed E-state index contributed by atoms with van der Waals surface area (Å²) in [6.45, 7) is 0. The molecule has 2 nitrogen and oxygen atoms in total. The van der Waals surface area contributed by atoms with Crippen LogP contribution in [0.2, 0.25) is 0 Å². The van der Waals surface area contributed by atoms with Crippen molar-refractivity contribution in [3.8, 4) is 56.2 Å². The highest BCUT2D eigenvalue weighted by Gasteiger charge is 2.23. The lowest BCUT2D eigenvalue weighted by atomic mass is 9.83. The van der Waals surface area contributed by atoms with Crippen molar-refractivity contribution >= 4 is 95.3 Å². The molecule has 0 atom stereocenters. The maximum Gasteiger partial charge on any atom is 0.161 e. The van der Waals surface area contributed by atoms with Crippen molar-refractivity contribution in [3.05, 3.63) is 206 Å². The monoisotopic (exact) mass is 822 g/mol. The summed E-state index contributed by atoms with van der Waals surface area (Å²) >= 11 is 3.67. The summed E-state index contributed by atoms with van der Waals surface area (Å²) in [6, 6.07) is 74.9. The highest BCUT2D eigenvalue weighted by molar-refractivity contribution is 7.26. The van der Waals surface area contributed by atoms with Crippen LogP contribution in [0.5, 0.6) is 0 Å². The van der Waals surface area contributed by atoms with E-state index in [1.165, 1.54) is 89.4 Å². The van der Waals surface area contributed by atoms with E-state index < -0.39 is 0 Å². The zero-order chi connectivity index (χ0) is 40.7. The van der Waals surface area contributed by atoms with Gasteiger partial charge in [0.05, 0.1) is 11.4 Å². The van der Waals surface area contributed by atoms with Gasteiger partial charge in [0.1, 0.15) is 0 Å². The van der Waals surface area contributed by atoms with Gasteiger partial charge in [-0.2, -0.15) is 0 Å². The second kappa shape index (κ2) is 14.0. The van der Waals surface area contributed by atoms with Crippen LogP contribution >= 0.6 is 22.7 Å². The molecule has 4 heteroatoms. The third-order valence-electron chi connectivity index (χ3n) is 12.5.